The highest BCUT2D eigenvalue weighted by Crippen LogP contribution is 2.36. The lowest BCUT2D eigenvalue weighted by Crippen LogP contribution is -1.96. The Labute approximate surface area is 186 Å². The molecule has 0 spiro atoms. The molecule has 3 heteroatoms. The van der Waals surface area contributed by atoms with E-state index in [1.165, 1.54) is 16.7 Å². The number of aliphatic hydroxyl groups excluding tert-OH is 1. The summed E-state index contributed by atoms with van der Waals surface area (Å²) in [6.07, 6.45) is 4.06. The lowest BCUT2D eigenvalue weighted by atomic mass is 9.86. The van der Waals surface area contributed by atoms with E-state index < -0.39 is 0 Å². The Morgan fingerprint density at radius 1 is 0.645 bits per heavy atom. The minimum atomic E-state index is 0.259. The van der Waals surface area contributed by atoms with Crippen LogP contribution in [-0.2, 0) is 0 Å². The summed E-state index contributed by atoms with van der Waals surface area (Å²) in [5.74, 6) is 0.517. The van der Waals surface area contributed by atoms with E-state index in [4.69, 9.17) is 5.11 Å². The second kappa shape index (κ2) is 12.6. The molecule has 0 aliphatic heterocycles. The molecule has 3 nitrogen and oxygen atoms in total. The third-order valence-corrected chi connectivity index (χ3v) is 5.02. The van der Waals surface area contributed by atoms with Gasteiger partial charge in [-0.3, -0.25) is 0 Å². The van der Waals surface area contributed by atoms with E-state index in [0.717, 1.165) is 42.4 Å². The van der Waals surface area contributed by atoms with Crippen molar-refractivity contribution in [3.8, 4) is 11.5 Å². The topological polar surface area (TPSA) is 60.7 Å². The van der Waals surface area contributed by atoms with Gasteiger partial charge in [0.2, 0.25) is 0 Å². The van der Waals surface area contributed by atoms with Crippen LogP contribution < -0.4 is 0 Å². The van der Waals surface area contributed by atoms with Crippen LogP contribution in [0.25, 0.3) is 11.1 Å². The molecule has 31 heavy (non-hydrogen) atoms. The molecule has 0 saturated carbocycles. The van der Waals surface area contributed by atoms with Gasteiger partial charge in [0.05, 0.1) is 0 Å². The number of aromatic hydroxyl groups is 2. The summed E-state index contributed by atoms with van der Waals surface area (Å²) in [7, 11) is 0. The van der Waals surface area contributed by atoms with E-state index in [1.807, 2.05) is 31.2 Å². The molecule has 0 saturated heterocycles. The molecule has 3 rings (SSSR count). The van der Waals surface area contributed by atoms with Crippen LogP contribution in [0.2, 0.25) is 0 Å². The highest BCUT2D eigenvalue weighted by molar-refractivity contribution is 5.98. The highest BCUT2D eigenvalue weighted by atomic mass is 16.3. The van der Waals surface area contributed by atoms with Gasteiger partial charge in [0.1, 0.15) is 11.5 Å². The van der Waals surface area contributed by atoms with Crippen molar-refractivity contribution in [1.29, 1.82) is 0 Å². The van der Waals surface area contributed by atoms with Gasteiger partial charge in [-0.2, -0.15) is 0 Å². The molecule has 0 bridgehead atoms. The Kier molecular flexibility index (Phi) is 9.86. The third kappa shape index (κ3) is 7.30. The van der Waals surface area contributed by atoms with Gasteiger partial charge in [0.15, 0.2) is 0 Å². The molecular formula is C28H34O3. The average Bonchev–Trinajstić information content (AvgIpc) is 2.79. The van der Waals surface area contributed by atoms with Crippen molar-refractivity contribution >= 4 is 11.1 Å². The first-order valence-electron chi connectivity index (χ1n) is 11.0. The van der Waals surface area contributed by atoms with E-state index >= 15 is 0 Å². The Morgan fingerprint density at radius 2 is 1.06 bits per heavy atom. The van der Waals surface area contributed by atoms with E-state index in [1.54, 1.807) is 24.3 Å². The molecule has 0 aromatic heterocycles. The maximum absolute atomic E-state index is 9.72. The smallest absolute Gasteiger partial charge is 0.115 e. The summed E-state index contributed by atoms with van der Waals surface area (Å²) in [4.78, 5) is 0. The molecule has 0 amide bonds. The summed E-state index contributed by atoms with van der Waals surface area (Å²) in [6.45, 7) is 6.55. The summed E-state index contributed by atoms with van der Waals surface area (Å²) in [5, 5.41) is 27.3. The number of phenolic OH excluding ortho intramolecular Hbond substituents is 2. The maximum atomic E-state index is 9.72. The predicted octanol–water partition coefficient (Wildman–Crippen LogP) is 6.94. The SMILES string of the molecule is CCCCC(=C(c1ccc(O)cc1)c1ccc(O)cc1)c1ccc(C)cc1.CCCO. The van der Waals surface area contributed by atoms with Gasteiger partial charge in [-0.25, -0.2) is 0 Å². The Bertz CT molecular complexity index is 888. The van der Waals surface area contributed by atoms with Crippen LogP contribution in [0.15, 0.2) is 72.8 Å². The number of aliphatic hydroxyl groups is 1. The number of aryl methyl sites for hydroxylation is 1. The number of allylic oxidation sites excluding steroid dienone is 1. The van der Waals surface area contributed by atoms with Crippen LogP contribution in [0, 0.1) is 6.92 Å². The van der Waals surface area contributed by atoms with Gasteiger partial charge in [-0.05, 0) is 78.3 Å². The normalized spacial score (nSPS) is 10.2. The third-order valence-electron chi connectivity index (χ3n) is 5.02. The molecular weight excluding hydrogens is 384 g/mol. The van der Waals surface area contributed by atoms with Crippen molar-refractivity contribution in [2.45, 2.75) is 46.5 Å². The van der Waals surface area contributed by atoms with Crippen LogP contribution in [0.4, 0.5) is 0 Å². The van der Waals surface area contributed by atoms with Crippen LogP contribution in [0.3, 0.4) is 0 Å². The van der Waals surface area contributed by atoms with E-state index in [-0.39, 0.29) is 11.5 Å². The second-order valence-electron chi connectivity index (χ2n) is 7.64. The van der Waals surface area contributed by atoms with Crippen molar-refractivity contribution < 1.29 is 15.3 Å². The number of benzene rings is 3. The summed E-state index contributed by atoms with van der Waals surface area (Å²) >= 11 is 0. The van der Waals surface area contributed by atoms with Gasteiger partial charge in [0.25, 0.3) is 0 Å². The fourth-order valence-corrected chi connectivity index (χ4v) is 3.29. The van der Waals surface area contributed by atoms with Gasteiger partial charge >= 0.3 is 0 Å². The number of hydrogen-bond donors (Lipinski definition) is 3. The zero-order valence-electron chi connectivity index (χ0n) is 18.8. The largest absolute Gasteiger partial charge is 0.508 e. The predicted molar refractivity (Wildman–Crippen MR) is 130 cm³/mol. The first kappa shape index (κ1) is 24.2. The minimum Gasteiger partial charge on any atom is -0.508 e. The molecule has 0 atom stereocenters. The van der Waals surface area contributed by atoms with Crippen LogP contribution >= 0.6 is 0 Å². The molecule has 3 aromatic rings. The molecule has 0 aliphatic carbocycles. The zero-order chi connectivity index (χ0) is 22.6. The van der Waals surface area contributed by atoms with Crippen molar-refractivity contribution in [3.63, 3.8) is 0 Å². The van der Waals surface area contributed by atoms with E-state index in [0.29, 0.717) is 6.61 Å². The summed E-state index contributed by atoms with van der Waals surface area (Å²) in [6, 6.07) is 23.4. The Morgan fingerprint density at radius 3 is 1.45 bits per heavy atom. The van der Waals surface area contributed by atoms with Crippen LogP contribution in [0.5, 0.6) is 11.5 Å². The van der Waals surface area contributed by atoms with Gasteiger partial charge in [0, 0.05) is 6.61 Å². The monoisotopic (exact) mass is 418 g/mol. The molecule has 0 fully saturated rings. The van der Waals surface area contributed by atoms with Crippen molar-refractivity contribution in [2.75, 3.05) is 6.61 Å². The second-order valence-corrected chi connectivity index (χ2v) is 7.64. The highest BCUT2D eigenvalue weighted by Gasteiger charge is 2.14. The summed E-state index contributed by atoms with van der Waals surface area (Å²) < 4.78 is 0. The lowest BCUT2D eigenvalue weighted by Gasteiger charge is -2.18. The molecule has 0 radical (unpaired) electrons. The van der Waals surface area contributed by atoms with Gasteiger partial charge in [-0.15, -0.1) is 0 Å². The van der Waals surface area contributed by atoms with Gasteiger partial charge in [-0.1, -0.05) is 74.4 Å². The number of phenols is 2. The molecule has 0 heterocycles. The van der Waals surface area contributed by atoms with Crippen molar-refractivity contribution in [1.82, 2.24) is 0 Å². The van der Waals surface area contributed by atoms with E-state index in [9.17, 15) is 10.2 Å². The molecule has 0 unspecified atom stereocenters. The average molecular weight is 419 g/mol. The van der Waals surface area contributed by atoms with Gasteiger partial charge < -0.3 is 15.3 Å². The van der Waals surface area contributed by atoms with E-state index in [2.05, 4.69) is 38.1 Å². The number of rotatable bonds is 7. The molecule has 3 aromatic carbocycles. The minimum absolute atomic E-state index is 0.259. The van der Waals surface area contributed by atoms with Crippen LogP contribution in [-0.4, -0.2) is 21.9 Å². The number of unbranched alkanes of at least 4 members (excludes halogenated alkanes) is 1. The summed E-state index contributed by atoms with van der Waals surface area (Å²) in [5.41, 5.74) is 7.01. The maximum Gasteiger partial charge on any atom is 0.115 e. The standard InChI is InChI=1S/C25H26O2.C3H8O/c1-3-4-5-24(19-8-6-18(2)7-9-19)25(20-10-14-22(26)15-11-20)21-12-16-23(27)17-13-21;1-2-3-4/h6-17,26-27H,3-5H2,1-2H3;4H,2-3H2,1H3. The molecule has 3 N–H and O–H groups in total. The zero-order valence-corrected chi connectivity index (χ0v) is 18.8. The Balaban J connectivity index is 0.000000785. The fraction of sp³-hybridized carbons (Fsp3) is 0.286. The lowest BCUT2D eigenvalue weighted by molar-refractivity contribution is 0.295. The first-order valence-corrected chi connectivity index (χ1v) is 11.0. The Hall–Kier alpha value is -3.04. The van der Waals surface area contributed by atoms with Crippen molar-refractivity contribution in [2.24, 2.45) is 0 Å². The molecule has 0 aliphatic rings. The number of hydrogen-bond acceptors (Lipinski definition) is 3. The van der Waals surface area contributed by atoms with Crippen molar-refractivity contribution in [3.05, 3.63) is 95.1 Å². The fourth-order valence-electron chi connectivity index (χ4n) is 3.29. The first-order chi connectivity index (χ1) is 15.0. The quantitative estimate of drug-likeness (QED) is 0.364. The van der Waals surface area contributed by atoms with Crippen LogP contribution in [0.1, 0.15) is 61.8 Å². The molecule has 164 valence electrons.